The van der Waals surface area contributed by atoms with Crippen LogP contribution < -0.4 is 4.74 Å². The molecule has 0 aromatic heterocycles. The van der Waals surface area contributed by atoms with E-state index < -0.39 is 16.8 Å². The third-order valence-electron chi connectivity index (χ3n) is 2.33. The maximum Gasteiger partial charge on any atom is 0.337 e. The van der Waals surface area contributed by atoms with Crippen LogP contribution in [0, 0.1) is 0 Å². The minimum Gasteiger partial charge on any atom is -0.488 e. The van der Waals surface area contributed by atoms with Gasteiger partial charge in [0.25, 0.3) is 0 Å². The van der Waals surface area contributed by atoms with Gasteiger partial charge < -0.3 is 14.6 Å². The third-order valence-corrected chi connectivity index (χ3v) is 4.04. The predicted octanol–water partition coefficient (Wildman–Crippen LogP) is 2.19. The number of hydrogen-bond donors (Lipinski definition) is 1. The average molecular weight is 307 g/mol. The van der Waals surface area contributed by atoms with Crippen molar-refractivity contribution in [1.29, 1.82) is 0 Å². The zero-order valence-corrected chi connectivity index (χ0v) is 12.2. The molecule has 106 valence electrons. The van der Waals surface area contributed by atoms with E-state index in [1.165, 1.54) is 19.2 Å². The highest BCUT2D eigenvalue weighted by Crippen LogP contribution is 2.34. The van der Waals surface area contributed by atoms with Gasteiger partial charge in [-0.05, 0) is 12.1 Å². The fourth-order valence-electron chi connectivity index (χ4n) is 1.40. The molecule has 1 atom stereocenters. The van der Waals surface area contributed by atoms with E-state index >= 15 is 0 Å². The zero-order valence-electron chi connectivity index (χ0n) is 10.6. The molecule has 0 radical (unpaired) electrons. The van der Waals surface area contributed by atoms with Crippen LogP contribution in [0.15, 0.2) is 17.0 Å². The summed E-state index contributed by atoms with van der Waals surface area (Å²) in [6.45, 7) is 2.28. The number of hydrogen-bond acceptors (Lipinski definition) is 4. The minimum atomic E-state index is -1.28. The van der Waals surface area contributed by atoms with Crippen LogP contribution >= 0.6 is 11.6 Å². The van der Waals surface area contributed by atoms with Crippen molar-refractivity contribution in [1.82, 2.24) is 0 Å². The molecule has 0 saturated heterocycles. The van der Waals surface area contributed by atoms with Gasteiger partial charge in [-0.25, -0.2) is 4.79 Å². The molecule has 0 aliphatic carbocycles. The van der Waals surface area contributed by atoms with E-state index in [0.717, 1.165) is 0 Å². The molecule has 1 aromatic rings. The summed E-state index contributed by atoms with van der Waals surface area (Å²) in [5.74, 6) is -0.613. The zero-order chi connectivity index (χ0) is 14.4. The van der Waals surface area contributed by atoms with Gasteiger partial charge in [0.2, 0.25) is 0 Å². The normalized spacial score (nSPS) is 12.2. The fraction of sp³-hybridized carbons (Fsp3) is 0.417. The Hall–Kier alpha value is -1.11. The van der Waals surface area contributed by atoms with Gasteiger partial charge in [0.15, 0.2) is 5.75 Å². The van der Waals surface area contributed by atoms with E-state index in [2.05, 4.69) is 0 Å². The smallest absolute Gasteiger partial charge is 0.337 e. The Morgan fingerprint density at radius 3 is 2.63 bits per heavy atom. The van der Waals surface area contributed by atoms with Crippen molar-refractivity contribution in [2.24, 2.45) is 0 Å². The largest absolute Gasteiger partial charge is 0.488 e. The number of halogens is 1. The highest BCUT2D eigenvalue weighted by molar-refractivity contribution is 7.85. The molecule has 5 nitrogen and oxygen atoms in total. The number of aromatic carboxylic acids is 1. The van der Waals surface area contributed by atoms with Crippen molar-refractivity contribution >= 4 is 28.4 Å². The summed E-state index contributed by atoms with van der Waals surface area (Å²) >= 11 is 6.01. The predicted molar refractivity (Wildman–Crippen MR) is 72.7 cm³/mol. The van der Waals surface area contributed by atoms with Crippen LogP contribution in [0.5, 0.6) is 5.75 Å². The van der Waals surface area contributed by atoms with Gasteiger partial charge in [-0.15, -0.1) is 0 Å². The summed E-state index contributed by atoms with van der Waals surface area (Å²) in [4.78, 5) is 11.4. The number of benzene rings is 1. The van der Waals surface area contributed by atoms with E-state index in [1.54, 1.807) is 6.92 Å². The number of carboxylic acid groups (broad SMARTS) is 1. The topological polar surface area (TPSA) is 72.8 Å². The Balaban J connectivity index is 3.21. The maximum atomic E-state index is 11.9. The molecule has 0 heterocycles. The Morgan fingerprint density at radius 2 is 2.11 bits per heavy atom. The molecule has 0 aliphatic rings. The van der Waals surface area contributed by atoms with E-state index in [-0.39, 0.29) is 22.9 Å². The first kappa shape index (κ1) is 15.9. The Labute approximate surface area is 118 Å². The van der Waals surface area contributed by atoms with Crippen molar-refractivity contribution < 1.29 is 23.6 Å². The Bertz CT molecular complexity index is 489. The van der Waals surface area contributed by atoms with Crippen molar-refractivity contribution in [2.75, 3.05) is 26.1 Å². The third kappa shape index (κ3) is 3.92. The minimum absolute atomic E-state index is 0.0390. The van der Waals surface area contributed by atoms with Gasteiger partial charge in [-0.2, -0.15) is 0 Å². The first-order valence-electron chi connectivity index (χ1n) is 5.58. The number of carbonyl (C=O) groups is 1. The summed E-state index contributed by atoms with van der Waals surface area (Å²) in [6, 6.07) is 2.80. The van der Waals surface area contributed by atoms with Crippen LogP contribution in [0.4, 0.5) is 0 Å². The number of rotatable bonds is 7. The van der Waals surface area contributed by atoms with Gasteiger partial charge in [-0.1, -0.05) is 18.5 Å². The van der Waals surface area contributed by atoms with Gasteiger partial charge in [0.1, 0.15) is 6.61 Å². The van der Waals surface area contributed by atoms with Crippen LogP contribution in [0.25, 0.3) is 0 Å². The Kier molecular flexibility index (Phi) is 6.27. The fourth-order valence-corrected chi connectivity index (χ4v) is 2.65. The van der Waals surface area contributed by atoms with Crippen LogP contribution in [0.1, 0.15) is 17.3 Å². The number of carboxylic acids is 1. The van der Waals surface area contributed by atoms with Crippen molar-refractivity contribution in [3.63, 3.8) is 0 Å². The van der Waals surface area contributed by atoms with E-state index in [1.807, 2.05) is 0 Å². The molecule has 0 bridgehead atoms. The second-order valence-electron chi connectivity index (χ2n) is 3.53. The van der Waals surface area contributed by atoms with Gasteiger partial charge >= 0.3 is 5.97 Å². The lowest BCUT2D eigenvalue weighted by molar-refractivity contribution is 0.0696. The van der Waals surface area contributed by atoms with Gasteiger partial charge in [-0.3, -0.25) is 4.21 Å². The summed E-state index contributed by atoms with van der Waals surface area (Å²) < 4.78 is 22.2. The average Bonchev–Trinajstić information content (AvgIpc) is 2.39. The lowest BCUT2D eigenvalue weighted by atomic mass is 10.2. The molecule has 1 rings (SSSR count). The highest BCUT2D eigenvalue weighted by atomic mass is 35.5. The van der Waals surface area contributed by atoms with Crippen LogP contribution in [-0.4, -0.2) is 41.4 Å². The first-order chi connectivity index (χ1) is 9.02. The Morgan fingerprint density at radius 1 is 1.42 bits per heavy atom. The van der Waals surface area contributed by atoms with Crippen molar-refractivity contribution in [3.05, 3.63) is 22.7 Å². The monoisotopic (exact) mass is 306 g/mol. The van der Waals surface area contributed by atoms with Crippen LogP contribution in [0.3, 0.4) is 0 Å². The van der Waals surface area contributed by atoms with E-state index in [9.17, 15) is 9.00 Å². The molecule has 1 N–H and O–H groups in total. The summed E-state index contributed by atoms with van der Waals surface area (Å²) in [5.41, 5.74) is -0.0778. The molecule has 7 heteroatoms. The molecule has 0 saturated carbocycles. The van der Waals surface area contributed by atoms with Gasteiger partial charge in [0, 0.05) is 12.9 Å². The quantitative estimate of drug-likeness (QED) is 0.782. The maximum absolute atomic E-state index is 11.9. The molecule has 1 aromatic carbocycles. The molecular weight excluding hydrogens is 292 g/mol. The second kappa shape index (κ2) is 7.47. The molecular formula is C12H15ClO5S. The lowest BCUT2D eigenvalue weighted by Crippen LogP contribution is -2.09. The van der Waals surface area contributed by atoms with Crippen LogP contribution in [0.2, 0.25) is 5.02 Å². The highest BCUT2D eigenvalue weighted by Gasteiger charge is 2.20. The van der Waals surface area contributed by atoms with Gasteiger partial charge in [0.05, 0.1) is 32.9 Å². The number of methoxy groups -OCH3 is 1. The van der Waals surface area contributed by atoms with Crippen molar-refractivity contribution in [2.45, 2.75) is 11.8 Å². The van der Waals surface area contributed by atoms with E-state index in [0.29, 0.717) is 17.3 Å². The molecule has 1 unspecified atom stereocenters. The summed E-state index contributed by atoms with van der Waals surface area (Å²) in [6.07, 6.45) is 0. The standard InChI is InChI=1S/C12H15ClO5S/c1-3-19(16)9-5-4-8(12(14)15)10(13)11(9)18-7-6-17-2/h4-5H,3,6-7H2,1-2H3,(H,14,15). The van der Waals surface area contributed by atoms with Crippen molar-refractivity contribution in [3.8, 4) is 5.75 Å². The first-order valence-corrected chi connectivity index (χ1v) is 7.28. The van der Waals surface area contributed by atoms with E-state index in [4.69, 9.17) is 26.2 Å². The molecule has 0 aliphatic heterocycles. The molecule has 0 spiro atoms. The molecule has 0 fully saturated rings. The number of ether oxygens (including phenoxy) is 2. The lowest BCUT2D eigenvalue weighted by Gasteiger charge is -2.13. The summed E-state index contributed by atoms with van der Waals surface area (Å²) in [7, 11) is 0.235. The SMILES string of the molecule is CCS(=O)c1ccc(C(=O)O)c(Cl)c1OCCOC. The summed E-state index contributed by atoms with van der Waals surface area (Å²) in [5, 5.41) is 8.97. The molecule has 0 amide bonds. The molecule has 19 heavy (non-hydrogen) atoms. The van der Waals surface area contributed by atoms with Crippen LogP contribution in [-0.2, 0) is 15.5 Å². The second-order valence-corrected chi connectivity index (χ2v) is 5.62.